The van der Waals surface area contributed by atoms with Crippen molar-refractivity contribution in [1.82, 2.24) is 9.80 Å². The Balaban J connectivity index is 2.06. The highest BCUT2D eigenvalue weighted by Gasteiger charge is 2.22. The molecule has 1 heterocycles. The third-order valence-corrected chi connectivity index (χ3v) is 4.82. The second kappa shape index (κ2) is 7.27. The summed E-state index contributed by atoms with van der Waals surface area (Å²) >= 11 is 9.29. The van der Waals surface area contributed by atoms with Crippen LogP contribution in [-0.4, -0.2) is 47.8 Å². The van der Waals surface area contributed by atoms with Crippen molar-refractivity contribution < 1.29 is 9.59 Å². The Morgan fingerprint density at radius 2 is 1.86 bits per heavy atom. The summed E-state index contributed by atoms with van der Waals surface area (Å²) in [6, 6.07) is 5.18. The number of benzene rings is 1. The summed E-state index contributed by atoms with van der Waals surface area (Å²) in [5.41, 5.74) is 0.613. The normalized spacial score (nSPS) is 15.8. The molecule has 1 saturated heterocycles. The topological polar surface area (TPSA) is 40.6 Å². The first-order chi connectivity index (χ1) is 10.0. The molecule has 0 radical (unpaired) electrons. The molecule has 0 bridgehead atoms. The summed E-state index contributed by atoms with van der Waals surface area (Å²) in [6.07, 6.45) is 1.32. The molecule has 1 fully saturated rings. The van der Waals surface area contributed by atoms with E-state index in [1.165, 1.54) is 0 Å². The quantitative estimate of drug-likeness (QED) is 0.799. The van der Waals surface area contributed by atoms with Gasteiger partial charge in [0, 0.05) is 42.6 Å². The zero-order chi connectivity index (χ0) is 15.4. The van der Waals surface area contributed by atoms with E-state index in [0.717, 1.165) is 13.0 Å². The first-order valence-electron chi connectivity index (χ1n) is 7.05. The van der Waals surface area contributed by atoms with Crippen molar-refractivity contribution in [1.29, 1.82) is 0 Å². The Bertz CT molecular complexity index is 550. The molecule has 1 aromatic carbocycles. The highest BCUT2D eigenvalue weighted by molar-refractivity contribution is 9.10. The van der Waals surface area contributed by atoms with Crippen LogP contribution in [0.4, 0.5) is 0 Å². The number of hydrogen-bond acceptors (Lipinski definition) is 2. The number of carbonyl (C=O) groups is 2. The lowest BCUT2D eigenvalue weighted by Crippen LogP contribution is -2.37. The zero-order valence-electron chi connectivity index (χ0n) is 11.9. The van der Waals surface area contributed by atoms with Gasteiger partial charge in [-0.15, -0.1) is 0 Å². The van der Waals surface area contributed by atoms with Crippen LogP contribution in [0.25, 0.3) is 0 Å². The van der Waals surface area contributed by atoms with E-state index in [-0.39, 0.29) is 11.8 Å². The Kier molecular flexibility index (Phi) is 5.65. The molecule has 0 aromatic heterocycles. The van der Waals surface area contributed by atoms with Gasteiger partial charge in [0.25, 0.3) is 5.91 Å². The molecule has 0 N–H and O–H groups in total. The average Bonchev–Trinajstić information content (AvgIpc) is 2.74. The molecule has 1 aromatic rings. The predicted molar refractivity (Wildman–Crippen MR) is 86.5 cm³/mol. The number of nitrogens with zero attached hydrogens (tertiary/aromatic N) is 2. The molecule has 4 nitrogen and oxygen atoms in total. The van der Waals surface area contributed by atoms with Crippen LogP contribution in [0.2, 0.25) is 5.02 Å². The lowest BCUT2D eigenvalue weighted by atomic mass is 10.2. The van der Waals surface area contributed by atoms with E-state index in [4.69, 9.17) is 11.6 Å². The zero-order valence-corrected chi connectivity index (χ0v) is 14.3. The molecule has 1 aliphatic rings. The number of halogens is 2. The van der Waals surface area contributed by atoms with Gasteiger partial charge in [0.05, 0.1) is 5.02 Å². The van der Waals surface area contributed by atoms with Crippen molar-refractivity contribution in [3.63, 3.8) is 0 Å². The predicted octanol–water partition coefficient (Wildman–Crippen LogP) is 3.19. The van der Waals surface area contributed by atoms with Gasteiger partial charge in [0.2, 0.25) is 5.91 Å². The van der Waals surface area contributed by atoms with E-state index < -0.39 is 0 Å². The van der Waals surface area contributed by atoms with Crippen molar-refractivity contribution in [2.45, 2.75) is 19.8 Å². The van der Waals surface area contributed by atoms with Crippen molar-refractivity contribution in [3.8, 4) is 0 Å². The second-order valence-corrected chi connectivity index (χ2v) is 6.27. The molecule has 0 spiro atoms. The molecule has 0 atom stereocenters. The Labute approximate surface area is 138 Å². The van der Waals surface area contributed by atoms with Gasteiger partial charge in [-0.25, -0.2) is 0 Å². The van der Waals surface area contributed by atoms with E-state index in [1.807, 2.05) is 11.8 Å². The first-order valence-corrected chi connectivity index (χ1v) is 8.22. The summed E-state index contributed by atoms with van der Waals surface area (Å²) < 4.78 is 0.715. The molecule has 2 amide bonds. The maximum atomic E-state index is 12.5. The minimum atomic E-state index is -0.0156. The highest BCUT2D eigenvalue weighted by Crippen LogP contribution is 2.24. The third kappa shape index (κ3) is 3.98. The van der Waals surface area contributed by atoms with Gasteiger partial charge < -0.3 is 9.80 Å². The Morgan fingerprint density at radius 3 is 2.52 bits per heavy atom. The molecule has 2 rings (SSSR count). The van der Waals surface area contributed by atoms with Crippen molar-refractivity contribution in [2.75, 3.05) is 26.2 Å². The lowest BCUT2D eigenvalue weighted by Gasteiger charge is -2.22. The van der Waals surface area contributed by atoms with Crippen LogP contribution in [-0.2, 0) is 4.79 Å². The summed E-state index contributed by atoms with van der Waals surface area (Å²) in [6.45, 7) is 4.44. The van der Waals surface area contributed by atoms with Gasteiger partial charge in [-0.3, -0.25) is 9.59 Å². The van der Waals surface area contributed by atoms with E-state index in [1.54, 1.807) is 23.1 Å². The van der Waals surface area contributed by atoms with E-state index in [9.17, 15) is 9.59 Å². The van der Waals surface area contributed by atoms with Crippen molar-refractivity contribution >= 4 is 39.3 Å². The fraction of sp³-hybridized carbons (Fsp3) is 0.467. The van der Waals surface area contributed by atoms with Gasteiger partial charge >= 0.3 is 0 Å². The third-order valence-electron chi connectivity index (χ3n) is 3.60. The largest absolute Gasteiger partial charge is 0.341 e. The molecular formula is C15H18BrClN2O2. The van der Waals surface area contributed by atoms with Crippen molar-refractivity contribution in [3.05, 3.63) is 33.3 Å². The number of carbonyl (C=O) groups excluding carboxylic acids is 2. The van der Waals surface area contributed by atoms with Gasteiger partial charge in [0.15, 0.2) is 0 Å². The molecule has 21 heavy (non-hydrogen) atoms. The van der Waals surface area contributed by atoms with Crippen LogP contribution in [0.5, 0.6) is 0 Å². The molecule has 0 saturated carbocycles. The van der Waals surface area contributed by atoms with E-state index in [2.05, 4.69) is 15.9 Å². The molecular weight excluding hydrogens is 356 g/mol. The lowest BCUT2D eigenvalue weighted by molar-refractivity contribution is -0.130. The first kappa shape index (κ1) is 16.3. The summed E-state index contributed by atoms with van der Waals surface area (Å²) in [4.78, 5) is 27.9. The monoisotopic (exact) mass is 372 g/mol. The highest BCUT2D eigenvalue weighted by atomic mass is 79.9. The summed E-state index contributed by atoms with van der Waals surface area (Å²) in [5.74, 6) is 0.136. The maximum absolute atomic E-state index is 12.5. The number of hydrogen-bond donors (Lipinski definition) is 0. The van der Waals surface area contributed by atoms with Crippen LogP contribution >= 0.6 is 27.5 Å². The Morgan fingerprint density at radius 1 is 1.19 bits per heavy atom. The summed E-state index contributed by atoms with van der Waals surface area (Å²) in [5, 5.41) is 0.585. The van der Waals surface area contributed by atoms with Gasteiger partial charge in [-0.05, 0) is 40.5 Å². The van der Waals surface area contributed by atoms with E-state index >= 15 is 0 Å². The van der Waals surface area contributed by atoms with Crippen LogP contribution in [0.3, 0.4) is 0 Å². The minimum absolute atomic E-state index is 0.0156. The van der Waals surface area contributed by atoms with Gasteiger partial charge in [-0.1, -0.05) is 18.5 Å². The number of amides is 2. The van der Waals surface area contributed by atoms with Crippen molar-refractivity contribution in [2.24, 2.45) is 0 Å². The average molecular weight is 374 g/mol. The summed E-state index contributed by atoms with van der Waals surface area (Å²) in [7, 11) is 0. The maximum Gasteiger partial charge on any atom is 0.253 e. The molecule has 6 heteroatoms. The smallest absolute Gasteiger partial charge is 0.253 e. The van der Waals surface area contributed by atoms with Gasteiger partial charge in [0.1, 0.15) is 0 Å². The van der Waals surface area contributed by atoms with Crippen LogP contribution < -0.4 is 0 Å². The van der Waals surface area contributed by atoms with Gasteiger partial charge in [-0.2, -0.15) is 0 Å². The molecule has 1 aliphatic heterocycles. The number of rotatable bonds is 2. The SMILES string of the molecule is CCC(=O)N1CCCN(C(=O)c2ccc(Cl)c(Br)c2)CC1. The van der Waals surface area contributed by atoms with Crippen LogP contribution in [0.1, 0.15) is 30.1 Å². The molecule has 0 aliphatic carbocycles. The fourth-order valence-corrected chi connectivity index (χ4v) is 2.90. The van der Waals surface area contributed by atoms with Crippen LogP contribution in [0, 0.1) is 0 Å². The second-order valence-electron chi connectivity index (χ2n) is 5.01. The minimum Gasteiger partial charge on any atom is -0.341 e. The Hall–Kier alpha value is -1.07. The fourth-order valence-electron chi connectivity index (χ4n) is 2.41. The van der Waals surface area contributed by atoms with E-state index in [0.29, 0.717) is 41.1 Å². The molecule has 114 valence electrons. The van der Waals surface area contributed by atoms with Crippen LogP contribution in [0.15, 0.2) is 22.7 Å². The molecule has 0 unspecified atom stereocenters. The standard InChI is InChI=1S/C15H18BrClN2O2/c1-2-14(20)18-6-3-7-19(9-8-18)15(21)11-4-5-13(17)12(16)10-11/h4-5,10H,2-3,6-9H2,1H3.